The van der Waals surface area contributed by atoms with Crippen LogP contribution in [0, 0.1) is 0 Å². The fraction of sp³-hybridized carbons (Fsp3) is 0.194. The molecule has 4 aromatic carbocycles. The second kappa shape index (κ2) is 12.1. The molecule has 0 aliphatic rings. The first-order chi connectivity index (χ1) is 18.1. The van der Waals surface area contributed by atoms with Crippen LogP contribution in [0.25, 0.3) is 11.1 Å². The van der Waals surface area contributed by atoms with Gasteiger partial charge in [0, 0.05) is 5.56 Å². The van der Waals surface area contributed by atoms with Crippen LogP contribution in [0.3, 0.4) is 0 Å². The van der Waals surface area contributed by atoms with E-state index in [1.807, 2.05) is 60.7 Å². The predicted octanol–water partition coefficient (Wildman–Crippen LogP) is 6.26. The van der Waals surface area contributed by atoms with Crippen molar-refractivity contribution in [2.24, 2.45) is 0 Å². The maximum absolute atomic E-state index is 11.1. The van der Waals surface area contributed by atoms with Crippen molar-refractivity contribution in [3.63, 3.8) is 0 Å². The highest BCUT2D eigenvalue weighted by molar-refractivity contribution is 5.76. The van der Waals surface area contributed by atoms with Gasteiger partial charge in [0.05, 0.1) is 27.9 Å². The summed E-state index contributed by atoms with van der Waals surface area (Å²) in [6, 6.07) is 24.7. The maximum atomic E-state index is 11.1. The first kappa shape index (κ1) is 25.8. The number of aliphatic hydroxyl groups excluding tert-OH is 1. The van der Waals surface area contributed by atoms with Crippen molar-refractivity contribution in [2.75, 3.05) is 21.3 Å². The SMILES string of the molecule is COc1ccc(-c2ccc(OC)cc2CCc2ccc(Oc3cc(C=O)ccc3OC)cc2)c(CO)c1. The molecule has 0 unspecified atom stereocenters. The van der Waals surface area contributed by atoms with Gasteiger partial charge in [0.1, 0.15) is 23.5 Å². The molecule has 4 aromatic rings. The third kappa shape index (κ3) is 6.11. The largest absolute Gasteiger partial charge is 0.497 e. The van der Waals surface area contributed by atoms with Gasteiger partial charge >= 0.3 is 0 Å². The van der Waals surface area contributed by atoms with E-state index in [2.05, 4.69) is 0 Å². The quantitative estimate of drug-likeness (QED) is 0.246. The van der Waals surface area contributed by atoms with E-state index < -0.39 is 0 Å². The molecule has 0 fully saturated rings. The molecule has 0 aromatic heterocycles. The van der Waals surface area contributed by atoms with Crippen molar-refractivity contribution in [3.05, 3.63) is 101 Å². The van der Waals surface area contributed by atoms with Gasteiger partial charge in [0.25, 0.3) is 0 Å². The highest BCUT2D eigenvalue weighted by Gasteiger charge is 2.13. The molecule has 0 heterocycles. The minimum atomic E-state index is -0.0833. The van der Waals surface area contributed by atoms with Gasteiger partial charge in [0.15, 0.2) is 11.5 Å². The molecule has 0 saturated heterocycles. The van der Waals surface area contributed by atoms with Crippen LogP contribution in [0.1, 0.15) is 27.0 Å². The Kier molecular flexibility index (Phi) is 8.44. The lowest BCUT2D eigenvalue weighted by Crippen LogP contribution is -1.99. The lowest BCUT2D eigenvalue weighted by atomic mass is 9.92. The van der Waals surface area contributed by atoms with Crippen LogP contribution in [0.5, 0.6) is 28.7 Å². The number of aldehydes is 1. The zero-order valence-corrected chi connectivity index (χ0v) is 21.2. The molecule has 4 rings (SSSR count). The summed E-state index contributed by atoms with van der Waals surface area (Å²) in [6.07, 6.45) is 2.35. The van der Waals surface area contributed by atoms with Crippen LogP contribution in [0.2, 0.25) is 0 Å². The van der Waals surface area contributed by atoms with Crippen molar-refractivity contribution < 1.29 is 28.8 Å². The van der Waals surface area contributed by atoms with Gasteiger partial charge in [-0.15, -0.1) is 0 Å². The topological polar surface area (TPSA) is 74.2 Å². The van der Waals surface area contributed by atoms with Crippen molar-refractivity contribution in [3.8, 4) is 39.9 Å². The number of methoxy groups -OCH3 is 3. The van der Waals surface area contributed by atoms with Gasteiger partial charge in [-0.1, -0.05) is 24.3 Å². The highest BCUT2D eigenvalue weighted by atomic mass is 16.5. The standard InChI is InChI=1S/C31H30O6/c1-34-26-11-13-28(29-14-12-27(35-2)18-24(29)20-33)23(17-26)8-4-21-5-9-25(10-6-21)37-31-16-22(19-32)7-15-30(31)36-3/h5-7,9-19,33H,4,8,20H2,1-3H3. The first-order valence-electron chi connectivity index (χ1n) is 11.9. The summed E-state index contributed by atoms with van der Waals surface area (Å²) in [5, 5.41) is 9.98. The summed E-state index contributed by atoms with van der Waals surface area (Å²) in [6.45, 7) is -0.0833. The van der Waals surface area contributed by atoms with Crippen LogP contribution < -0.4 is 18.9 Å². The Morgan fingerprint density at radius 2 is 1.27 bits per heavy atom. The number of aliphatic hydroxyl groups is 1. The molecule has 0 radical (unpaired) electrons. The summed E-state index contributed by atoms with van der Waals surface area (Å²) in [5.74, 6) is 3.19. The summed E-state index contributed by atoms with van der Waals surface area (Å²) < 4.78 is 22.1. The summed E-state index contributed by atoms with van der Waals surface area (Å²) in [5.41, 5.74) is 5.61. The molecular formula is C31H30O6. The minimum absolute atomic E-state index is 0.0833. The van der Waals surface area contributed by atoms with E-state index in [1.54, 1.807) is 39.5 Å². The normalized spacial score (nSPS) is 10.6. The first-order valence-corrected chi connectivity index (χ1v) is 11.9. The maximum Gasteiger partial charge on any atom is 0.169 e. The average Bonchev–Trinajstić information content (AvgIpc) is 2.96. The molecule has 0 amide bonds. The van der Waals surface area contributed by atoms with Crippen molar-refractivity contribution in [2.45, 2.75) is 19.4 Å². The molecule has 0 bridgehead atoms. The van der Waals surface area contributed by atoms with Crippen LogP contribution in [-0.2, 0) is 19.4 Å². The Bertz CT molecular complexity index is 1360. The average molecular weight is 499 g/mol. The zero-order chi connectivity index (χ0) is 26.2. The van der Waals surface area contributed by atoms with Crippen molar-refractivity contribution >= 4 is 6.29 Å². The number of carbonyl (C=O) groups excluding carboxylic acids is 1. The molecule has 0 aliphatic heterocycles. The van der Waals surface area contributed by atoms with E-state index in [9.17, 15) is 9.90 Å². The van der Waals surface area contributed by atoms with E-state index in [1.165, 1.54) is 0 Å². The third-order valence-electron chi connectivity index (χ3n) is 6.24. The lowest BCUT2D eigenvalue weighted by molar-refractivity contribution is 0.112. The number of ether oxygens (including phenoxy) is 4. The van der Waals surface area contributed by atoms with Gasteiger partial charge < -0.3 is 24.1 Å². The fourth-order valence-corrected chi connectivity index (χ4v) is 4.23. The zero-order valence-electron chi connectivity index (χ0n) is 21.2. The molecule has 37 heavy (non-hydrogen) atoms. The van der Waals surface area contributed by atoms with Crippen LogP contribution in [-0.4, -0.2) is 32.7 Å². The molecule has 0 atom stereocenters. The molecule has 1 N–H and O–H groups in total. The van der Waals surface area contributed by atoms with E-state index in [0.29, 0.717) is 28.6 Å². The molecular weight excluding hydrogens is 468 g/mol. The highest BCUT2D eigenvalue weighted by Crippen LogP contribution is 2.34. The second-order valence-corrected chi connectivity index (χ2v) is 8.48. The summed E-state index contributed by atoms with van der Waals surface area (Å²) >= 11 is 0. The Labute approximate surface area is 217 Å². The molecule has 0 aliphatic carbocycles. The monoisotopic (exact) mass is 498 g/mol. The van der Waals surface area contributed by atoms with E-state index in [4.69, 9.17) is 18.9 Å². The van der Waals surface area contributed by atoms with Gasteiger partial charge in [0.2, 0.25) is 0 Å². The smallest absolute Gasteiger partial charge is 0.169 e. The molecule has 0 spiro atoms. The van der Waals surface area contributed by atoms with Crippen LogP contribution in [0.15, 0.2) is 78.9 Å². The number of rotatable bonds is 11. The number of hydrogen-bond donors (Lipinski definition) is 1. The number of hydrogen-bond acceptors (Lipinski definition) is 6. The molecule has 6 nitrogen and oxygen atoms in total. The Morgan fingerprint density at radius 1 is 0.649 bits per heavy atom. The predicted molar refractivity (Wildman–Crippen MR) is 143 cm³/mol. The molecule has 0 saturated carbocycles. The van der Waals surface area contributed by atoms with Crippen LogP contribution in [0.4, 0.5) is 0 Å². The molecule has 6 heteroatoms. The van der Waals surface area contributed by atoms with Gasteiger partial charge in [-0.2, -0.15) is 0 Å². The number of carbonyl (C=O) groups is 1. The molecule has 190 valence electrons. The Balaban J connectivity index is 1.54. The van der Waals surface area contributed by atoms with Gasteiger partial charge in [-0.25, -0.2) is 0 Å². The Morgan fingerprint density at radius 3 is 1.86 bits per heavy atom. The number of aryl methyl sites for hydroxylation is 2. The van der Waals surface area contributed by atoms with Crippen LogP contribution >= 0.6 is 0 Å². The van der Waals surface area contributed by atoms with Crippen molar-refractivity contribution in [1.82, 2.24) is 0 Å². The summed E-state index contributed by atoms with van der Waals surface area (Å²) in [4.78, 5) is 11.1. The lowest BCUT2D eigenvalue weighted by Gasteiger charge is -2.16. The Hall–Kier alpha value is -4.29. The minimum Gasteiger partial charge on any atom is -0.497 e. The third-order valence-corrected chi connectivity index (χ3v) is 6.24. The fourth-order valence-electron chi connectivity index (χ4n) is 4.23. The van der Waals surface area contributed by atoms with E-state index in [0.717, 1.165) is 52.7 Å². The van der Waals surface area contributed by atoms with Gasteiger partial charge in [-0.3, -0.25) is 4.79 Å². The van der Waals surface area contributed by atoms with E-state index >= 15 is 0 Å². The number of benzene rings is 4. The van der Waals surface area contributed by atoms with Gasteiger partial charge in [-0.05, 0) is 95.3 Å². The van der Waals surface area contributed by atoms with E-state index in [-0.39, 0.29) is 6.61 Å². The summed E-state index contributed by atoms with van der Waals surface area (Å²) in [7, 11) is 4.84. The second-order valence-electron chi connectivity index (χ2n) is 8.48. The van der Waals surface area contributed by atoms with Crippen molar-refractivity contribution in [1.29, 1.82) is 0 Å².